The lowest BCUT2D eigenvalue weighted by Gasteiger charge is -2.13. The molecule has 0 spiro atoms. The van der Waals surface area contributed by atoms with Crippen LogP contribution in [0.3, 0.4) is 0 Å². The van der Waals surface area contributed by atoms with Crippen LogP contribution in [0.15, 0.2) is 55.2 Å². The van der Waals surface area contributed by atoms with Crippen molar-refractivity contribution < 1.29 is 4.39 Å². The Kier molecular flexibility index (Phi) is 5.88. The van der Waals surface area contributed by atoms with Crippen LogP contribution in [-0.2, 0) is 13.6 Å². The summed E-state index contributed by atoms with van der Waals surface area (Å²) in [5.74, 6) is 0.819. The van der Waals surface area contributed by atoms with Crippen LogP contribution in [0.2, 0.25) is 0 Å². The predicted molar refractivity (Wildman–Crippen MR) is 148 cm³/mol. The fourth-order valence-corrected chi connectivity index (χ4v) is 4.90. The number of halogens is 1. The quantitative estimate of drug-likeness (QED) is 0.344. The smallest absolute Gasteiger partial charge is 0.154 e. The first-order valence-electron chi connectivity index (χ1n) is 12.4. The van der Waals surface area contributed by atoms with Gasteiger partial charge in [0.1, 0.15) is 5.82 Å². The largest absolute Gasteiger partial charge is 0.396 e. The van der Waals surface area contributed by atoms with Crippen LogP contribution in [0.25, 0.3) is 33.5 Å². The molecule has 1 aliphatic rings. The number of nitrogens with zero attached hydrogens (tertiary/aromatic N) is 7. The summed E-state index contributed by atoms with van der Waals surface area (Å²) in [5, 5.41) is 13.8. The summed E-state index contributed by atoms with van der Waals surface area (Å²) in [6.45, 7) is 4.38. The minimum atomic E-state index is -0.466. The van der Waals surface area contributed by atoms with Crippen molar-refractivity contribution in [2.75, 3.05) is 31.2 Å². The normalized spacial score (nSPS) is 15.1. The summed E-state index contributed by atoms with van der Waals surface area (Å²) in [7, 11) is 4.02. The number of hydrogen-bond donors (Lipinski definition) is 2. The lowest BCUT2D eigenvalue weighted by atomic mass is 9.98. The molecule has 0 atom stereocenters. The van der Waals surface area contributed by atoms with E-state index in [2.05, 4.69) is 38.4 Å². The molecule has 9 nitrogen and oxygen atoms in total. The van der Waals surface area contributed by atoms with E-state index in [0.29, 0.717) is 28.1 Å². The molecule has 3 N–H and O–H groups in total. The predicted octanol–water partition coefficient (Wildman–Crippen LogP) is 4.49. The van der Waals surface area contributed by atoms with Crippen LogP contribution in [-0.4, -0.2) is 54.6 Å². The number of hydrogen-bond acceptors (Lipinski definition) is 7. The molecule has 6 rings (SSSR count). The lowest BCUT2D eigenvalue weighted by Crippen LogP contribution is -2.21. The molecule has 0 amide bonds. The number of nitrogens with two attached hydrogens (primary N) is 1. The summed E-state index contributed by atoms with van der Waals surface area (Å²) in [4.78, 5) is 10.9. The number of aromatic nitrogens is 6. The Morgan fingerprint density at radius 2 is 1.92 bits per heavy atom. The molecule has 1 aliphatic heterocycles. The highest BCUT2D eigenvalue weighted by Gasteiger charge is 2.20. The number of likely N-dealkylation sites (N-methyl/N-ethyl adjacent to an activating group) is 1. The Morgan fingerprint density at radius 3 is 2.71 bits per heavy atom. The summed E-state index contributed by atoms with van der Waals surface area (Å²) < 4.78 is 19.0. The SMILES string of the molecule is Cc1ccncc1-c1cc2cc(Nc3cc4n(n3)CCN(C)C/C4=C\c3cnn(C)c3)ncc2c(N)c1F. The molecule has 1 aromatic carbocycles. The second-order valence-electron chi connectivity index (χ2n) is 9.75. The number of pyridine rings is 2. The van der Waals surface area contributed by atoms with Crippen molar-refractivity contribution in [3.63, 3.8) is 0 Å². The minimum absolute atomic E-state index is 0.0720. The van der Waals surface area contributed by atoms with Gasteiger partial charge in [0.15, 0.2) is 11.6 Å². The number of rotatable bonds is 4. The van der Waals surface area contributed by atoms with Gasteiger partial charge in [-0.2, -0.15) is 10.2 Å². The highest BCUT2D eigenvalue weighted by atomic mass is 19.1. The van der Waals surface area contributed by atoms with Gasteiger partial charge in [-0.3, -0.25) is 14.3 Å². The molecule has 10 heteroatoms. The van der Waals surface area contributed by atoms with Gasteiger partial charge in [0.25, 0.3) is 0 Å². The second-order valence-corrected chi connectivity index (χ2v) is 9.75. The zero-order chi connectivity index (χ0) is 26.4. The topological polar surface area (TPSA) is 103 Å². The molecule has 0 saturated heterocycles. The van der Waals surface area contributed by atoms with E-state index < -0.39 is 5.82 Å². The van der Waals surface area contributed by atoms with Gasteiger partial charge in [-0.1, -0.05) is 0 Å². The highest BCUT2D eigenvalue weighted by molar-refractivity contribution is 5.98. The van der Waals surface area contributed by atoms with Crippen molar-refractivity contribution in [1.82, 2.24) is 34.4 Å². The van der Waals surface area contributed by atoms with Gasteiger partial charge in [-0.25, -0.2) is 9.37 Å². The van der Waals surface area contributed by atoms with Crippen molar-refractivity contribution in [2.45, 2.75) is 13.5 Å². The second kappa shape index (κ2) is 9.38. The van der Waals surface area contributed by atoms with Crippen LogP contribution in [0.5, 0.6) is 0 Å². The summed E-state index contributed by atoms with van der Waals surface area (Å²) in [6, 6.07) is 7.55. The standard InChI is InChI=1S/C28H28FN9/c1-17-4-5-31-13-22(17)21-9-19-10-25(32-14-23(19)28(30)27(21)29)34-26-11-24-20(8-18-12-33-37(3)15-18)16-36(2)6-7-38(24)35-26/h4-5,8-15H,6-7,16,30H2,1-3H3,(H,32,34,35)/b20-8+. The van der Waals surface area contributed by atoms with Crippen molar-refractivity contribution >= 4 is 39.7 Å². The summed E-state index contributed by atoms with van der Waals surface area (Å²) in [5.41, 5.74) is 11.6. The Labute approximate surface area is 219 Å². The third-order valence-electron chi connectivity index (χ3n) is 6.89. The van der Waals surface area contributed by atoms with Gasteiger partial charge in [0, 0.05) is 73.1 Å². The highest BCUT2D eigenvalue weighted by Crippen LogP contribution is 2.35. The molecule has 0 radical (unpaired) electrons. The first-order chi connectivity index (χ1) is 18.4. The van der Waals surface area contributed by atoms with Crippen LogP contribution >= 0.6 is 0 Å². The van der Waals surface area contributed by atoms with Gasteiger partial charge in [-0.15, -0.1) is 0 Å². The van der Waals surface area contributed by atoms with Crippen molar-refractivity contribution in [1.29, 1.82) is 0 Å². The van der Waals surface area contributed by atoms with E-state index >= 15 is 4.39 Å². The first kappa shape index (κ1) is 23.8. The Hall–Kier alpha value is -4.57. The molecule has 0 saturated carbocycles. The molecule has 0 bridgehead atoms. The van der Waals surface area contributed by atoms with Crippen molar-refractivity contribution in [2.24, 2.45) is 7.05 Å². The fraction of sp³-hybridized carbons (Fsp3) is 0.214. The van der Waals surface area contributed by atoms with Crippen LogP contribution in [0.4, 0.5) is 21.7 Å². The average Bonchev–Trinajstić information content (AvgIpc) is 3.46. The molecular weight excluding hydrogens is 481 g/mol. The molecule has 192 valence electrons. The fourth-order valence-electron chi connectivity index (χ4n) is 4.90. The van der Waals surface area contributed by atoms with E-state index in [1.54, 1.807) is 29.3 Å². The molecular formula is C28H28FN9. The van der Waals surface area contributed by atoms with Crippen LogP contribution in [0, 0.1) is 12.7 Å². The van der Waals surface area contributed by atoms with Gasteiger partial charge in [0.2, 0.25) is 0 Å². The van der Waals surface area contributed by atoms with Gasteiger partial charge < -0.3 is 16.0 Å². The number of aryl methyl sites for hydroxylation is 2. The molecule has 5 aromatic rings. The lowest BCUT2D eigenvalue weighted by molar-refractivity contribution is 0.359. The van der Waals surface area contributed by atoms with E-state index in [1.807, 2.05) is 49.2 Å². The number of nitrogen functional groups attached to an aromatic ring is 1. The van der Waals surface area contributed by atoms with E-state index in [-0.39, 0.29) is 5.69 Å². The monoisotopic (exact) mass is 509 g/mol. The molecule has 38 heavy (non-hydrogen) atoms. The molecule has 0 unspecified atom stereocenters. The van der Waals surface area contributed by atoms with Crippen LogP contribution < -0.4 is 11.1 Å². The summed E-state index contributed by atoms with van der Waals surface area (Å²) >= 11 is 0. The van der Waals surface area contributed by atoms with E-state index in [0.717, 1.165) is 47.4 Å². The molecule has 4 aromatic heterocycles. The van der Waals surface area contributed by atoms with Crippen molar-refractivity contribution in [3.05, 3.63) is 77.9 Å². The van der Waals surface area contributed by atoms with Gasteiger partial charge in [0.05, 0.1) is 24.1 Å². The number of nitrogens with one attached hydrogen (secondary N) is 1. The van der Waals surface area contributed by atoms with Crippen molar-refractivity contribution in [3.8, 4) is 11.1 Å². The number of anilines is 3. The van der Waals surface area contributed by atoms with Gasteiger partial charge >= 0.3 is 0 Å². The maximum absolute atomic E-state index is 15.2. The number of benzene rings is 1. The number of fused-ring (bicyclic) bond motifs is 2. The zero-order valence-corrected chi connectivity index (χ0v) is 21.5. The van der Waals surface area contributed by atoms with E-state index in [1.165, 1.54) is 0 Å². The third-order valence-corrected chi connectivity index (χ3v) is 6.89. The molecule has 0 aliphatic carbocycles. The Bertz CT molecular complexity index is 1700. The van der Waals surface area contributed by atoms with Crippen LogP contribution in [0.1, 0.15) is 16.8 Å². The molecule has 5 heterocycles. The third kappa shape index (κ3) is 4.39. The van der Waals surface area contributed by atoms with E-state index in [4.69, 9.17) is 10.8 Å². The Balaban J connectivity index is 1.36. The van der Waals surface area contributed by atoms with E-state index in [9.17, 15) is 0 Å². The summed E-state index contributed by atoms with van der Waals surface area (Å²) in [6.07, 6.45) is 10.9. The average molecular weight is 510 g/mol. The Morgan fingerprint density at radius 1 is 1.05 bits per heavy atom. The minimum Gasteiger partial charge on any atom is -0.396 e. The maximum Gasteiger partial charge on any atom is 0.154 e. The maximum atomic E-state index is 15.2. The zero-order valence-electron chi connectivity index (χ0n) is 21.5. The van der Waals surface area contributed by atoms with Gasteiger partial charge in [-0.05, 0) is 54.8 Å². The first-order valence-corrected chi connectivity index (χ1v) is 12.4. The molecule has 0 fully saturated rings.